The van der Waals surface area contributed by atoms with Crippen LogP contribution in [0.1, 0.15) is 17.8 Å². The van der Waals surface area contributed by atoms with Crippen molar-refractivity contribution in [3.05, 3.63) is 52.9 Å². The molecule has 0 fully saturated rings. The molecule has 3 nitrogen and oxygen atoms in total. The highest BCUT2D eigenvalue weighted by molar-refractivity contribution is 7.10. The molecule has 3 rings (SSSR count). The fourth-order valence-electron chi connectivity index (χ4n) is 2.14. The van der Waals surface area contributed by atoms with Crippen molar-refractivity contribution in [2.75, 3.05) is 11.1 Å². The van der Waals surface area contributed by atoms with E-state index in [0.29, 0.717) is 5.69 Å². The smallest absolute Gasteiger partial charge is 0.0743 e. The molecule has 0 aliphatic rings. The second-order valence-corrected chi connectivity index (χ2v) is 5.47. The van der Waals surface area contributed by atoms with Crippen LogP contribution in [-0.4, -0.2) is 4.98 Å². The molecule has 0 saturated carbocycles. The number of para-hydroxylation sites is 1. The fraction of sp³-hybridized carbons (Fsp3) is 0.133. The number of nitrogens with zero attached hydrogens (tertiary/aromatic N) is 1. The van der Waals surface area contributed by atoms with Gasteiger partial charge in [-0.25, -0.2) is 0 Å². The average molecular weight is 269 g/mol. The zero-order chi connectivity index (χ0) is 13.2. The summed E-state index contributed by atoms with van der Waals surface area (Å²) in [5.41, 5.74) is 8.67. The SMILES string of the molecule is CC(Nc1c(N)cnc2ccccc12)c1cccs1. The minimum atomic E-state index is 0.230. The molecule has 2 heterocycles. The number of nitrogens with two attached hydrogens (primary N) is 1. The fourth-order valence-corrected chi connectivity index (χ4v) is 2.88. The predicted molar refractivity (Wildman–Crippen MR) is 82.5 cm³/mol. The number of benzene rings is 1. The third-order valence-electron chi connectivity index (χ3n) is 3.14. The summed E-state index contributed by atoms with van der Waals surface area (Å²) in [4.78, 5) is 5.64. The lowest BCUT2D eigenvalue weighted by Gasteiger charge is -2.17. The van der Waals surface area contributed by atoms with Crippen LogP contribution in [0.25, 0.3) is 10.9 Å². The van der Waals surface area contributed by atoms with E-state index in [1.165, 1.54) is 4.88 Å². The molecule has 3 aromatic rings. The van der Waals surface area contributed by atoms with Crippen molar-refractivity contribution < 1.29 is 0 Å². The van der Waals surface area contributed by atoms with E-state index < -0.39 is 0 Å². The van der Waals surface area contributed by atoms with Gasteiger partial charge in [0.2, 0.25) is 0 Å². The highest BCUT2D eigenvalue weighted by Gasteiger charge is 2.11. The van der Waals surface area contributed by atoms with E-state index in [1.807, 2.05) is 24.3 Å². The normalized spacial score (nSPS) is 12.5. The van der Waals surface area contributed by atoms with Crippen molar-refractivity contribution in [2.24, 2.45) is 0 Å². The lowest BCUT2D eigenvalue weighted by atomic mass is 10.1. The molecule has 4 heteroatoms. The van der Waals surface area contributed by atoms with E-state index >= 15 is 0 Å². The molecule has 1 aromatic carbocycles. The molecule has 0 bridgehead atoms. The minimum Gasteiger partial charge on any atom is -0.396 e. The number of pyridine rings is 1. The van der Waals surface area contributed by atoms with Gasteiger partial charge in [0.15, 0.2) is 0 Å². The van der Waals surface area contributed by atoms with Gasteiger partial charge >= 0.3 is 0 Å². The molecule has 2 aromatic heterocycles. The maximum atomic E-state index is 6.07. The van der Waals surface area contributed by atoms with Crippen molar-refractivity contribution in [2.45, 2.75) is 13.0 Å². The Morgan fingerprint density at radius 2 is 2.05 bits per heavy atom. The summed E-state index contributed by atoms with van der Waals surface area (Å²) >= 11 is 1.74. The number of thiophene rings is 1. The van der Waals surface area contributed by atoms with Crippen LogP contribution in [0, 0.1) is 0 Å². The number of hydrogen-bond donors (Lipinski definition) is 2. The second kappa shape index (κ2) is 4.90. The van der Waals surface area contributed by atoms with Gasteiger partial charge in [0.05, 0.1) is 29.1 Å². The molecule has 0 amide bonds. The lowest BCUT2D eigenvalue weighted by molar-refractivity contribution is 0.910. The van der Waals surface area contributed by atoms with Crippen molar-refractivity contribution in [1.29, 1.82) is 0 Å². The third kappa shape index (κ3) is 2.27. The quantitative estimate of drug-likeness (QED) is 0.754. The molecular formula is C15H15N3S. The molecule has 1 unspecified atom stereocenters. The van der Waals surface area contributed by atoms with Gasteiger partial charge in [-0.05, 0) is 24.4 Å². The van der Waals surface area contributed by atoms with Crippen molar-refractivity contribution >= 4 is 33.6 Å². The Kier molecular flexibility index (Phi) is 3.09. The van der Waals surface area contributed by atoms with Crippen LogP contribution in [-0.2, 0) is 0 Å². The van der Waals surface area contributed by atoms with Crippen LogP contribution in [0.15, 0.2) is 48.0 Å². The molecule has 19 heavy (non-hydrogen) atoms. The number of aromatic nitrogens is 1. The molecule has 0 saturated heterocycles. The first-order chi connectivity index (χ1) is 9.25. The van der Waals surface area contributed by atoms with Crippen LogP contribution in [0.2, 0.25) is 0 Å². The number of nitrogen functional groups attached to an aromatic ring is 1. The zero-order valence-corrected chi connectivity index (χ0v) is 11.4. The first kappa shape index (κ1) is 12.0. The average Bonchev–Trinajstić information content (AvgIpc) is 2.96. The third-order valence-corrected chi connectivity index (χ3v) is 4.19. The second-order valence-electron chi connectivity index (χ2n) is 4.49. The van der Waals surface area contributed by atoms with E-state index in [4.69, 9.17) is 5.73 Å². The number of fused-ring (bicyclic) bond motifs is 1. The van der Waals surface area contributed by atoms with Gasteiger partial charge < -0.3 is 11.1 Å². The number of rotatable bonds is 3. The Labute approximate surface area is 116 Å². The molecular weight excluding hydrogens is 254 g/mol. The van der Waals surface area contributed by atoms with Crippen LogP contribution in [0.3, 0.4) is 0 Å². The first-order valence-electron chi connectivity index (χ1n) is 6.19. The topological polar surface area (TPSA) is 50.9 Å². The molecule has 0 spiro atoms. The molecule has 1 atom stereocenters. The van der Waals surface area contributed by atoms with Crippen LogP contribution < -0.4 is 11.1 Å². The highest BCUT2D eigenvalue weighted by Crippen LogP contribution is 2.31. The number of hydrogen-bond acceptors (Lipinski definition) is 4. The number of anilines is 2. The van der Waals surface area contributed by atoms with Crippen molar-refractivity contribution in [1.82, 2.24) is 4.98 Å². The van der Waals surface area contributed by atoms with Crippen LogP contribution >= 0.6 is 11.3 Å². The van der Waals surface area contributed by atoms with Gasteiger partial charge in [0.25, 0.3) is 0 Å². The van der Waals surface area contributed by atoms with Gasteiger partial charge in [-0.15, -0.1) is 11.3 Å². The Morgan fingerprint density at radius 1 is 1.21 bits per heavy atom. The van der Waals surface area contributed by atoms with E-state index in [9.17, 15) is 0 Å². The first-order valence-corrected chi connectivity index (χ1v) is 7.07. The molecule has 0 aliphatic heterocycles. The van der Waals surface area contributed by atoms with E-state index in [2.05, 4.69) is 34.7 Å². The number of nitrogens with one attached hydrogen (secondary N) is 1. The molecule has 0 radical (unpaired) electrons. The summed E-state index contributed by atoms with van der Waals surface area (Å²) in [5, 5.41) is 6.65. The molecule has 96 valence electrons. The van der Waals surface area contributed by atoms with E-state index in [-0.39, 0.29) is 6.04 Å². The summed E-state index contributed by atoms with van der Waals surface area (Å²) in [6, 6.07) is 12.4. The Balaban J connectivity index is 2.02. The maximum Gasteiger partial charge on any atom is 0.0743 e. The Bertz CT molecular complexity index is 692. The standard InChI is InChI=1S/C15H15N3S/c1-10(14-7-4-8-19-14)18-15-11-5-2-3-6-13(11)17-9-12(15)16/h2-10H,16H2,1H3,(H,17,18). The van der Waals surface area contributed by atoms with Gasteiger partial charge in [0.1, 0.15) is 0 Å². The van der Waals surface area contributed by atoms with Crippen molar-refractivity contribution in [3.63, 3.8) is 0 Å². The summed E-state index contributed by atoms with van der Waals surface area (Å²) in [6.45, 7) is 2.14. The Hall–Kier alpha value is -2.07. The van der Waals surface area contributed by atoms with E-state index in [0.717, 1.165) is 16.6 Å². The van der Waals surface area contributed by atoms with E-state index in [1.54, 1.807) is 17.5 Å². The maximum absolute atomic E-state index is 6.07. The summed E-state index contributed by atoms with van der Waals surface area (Å²) in [7, 11) is 0. The lowest BCUT2D eigenvalue weighted by Crippen LogP contribution is -2.08. The monoisotopic (exact) mass is 269 g/mol. The molecule has 3 N–H and O–H groups in total. The van der Waals surface area contributed by atoms with Gasteiger partial charge in [-0.1, -0.05) is 24.3 Å². The molecule has 0 aliphatic carbocycles. The zero-order valence-electron chi connectivity index (χ0n) is 10.6. The predicted octanol–water partition coefficient (Wildman–Crippen LogP) is 4.05. The van der Waals surface area contributed by atoms with Gasteiger partial charge in [-0.2, -0.15) is 0 Å². The summed E-state index contributed by atoms with van der Waals surface area (Å²) < 4.78 is 0. The largest absolute Gasteiger partial charge is 0.396 e. The highest BCUT2D eigenvalue weighted by atomic mass is 32.1. The van der Waals surface area contributed by atoms with Crippen LogP contribution in [0.5, 0.6) is 0 Å². The summed E-state index contributed by atoms with van der Waals surface area (Å²) in [6.07, 6.45) is 1.71. The summed E-state index contributed by atoms with van der Waals surface area (Å²) in [5.74, 6) is 0. The van der Waals surface area contributed by atoms with Crippen molar-refractivity contribution in [3.8, 4) is 0 Å². The van der Waals surface area contributed by atoms with Crippen LogP contribution in [0.4, 0.5) is 11.4 Å². The van der Waals surface area contributed by atoms with Gasteiger partial charge in [0, 0.05) is 10.3 Å². The minimum absolute atomic E-state index is 0.230. The Morgan fingerprint density at radius 3 is 2.84 bits per heavy atom. The van der Waals surface area contributed by atoms with Gasteiger partial charge in [-0.3, -0.25) is 4.98 Å².